The number of nitro benzene ring substituents is 2. The van der Waals surface area contributed by atoms with E-state index in [-0.39, 0.29) is 16.3 Å². The van der Waals surface area contributed by atoms with Gasteiger partial charge in [-0.3, -0.25) is 20.2 Å². The van der Waals surface area contributed by atoms with Crippen LogP contribution in [0.3, 0.4) is 0 Å². The minimum atomic E-state index is -0.397. The highest BCUT2D eigenvalue weighted by atomic mass is 17.2. The normalized spacial score (nSPS) is 10.1. The Morgan fingerprint density at radius 3 is 0.963 bits per heavy atom. The van der Waals surface area contributed by atoms with Crippen LogP contribution in [0.1, 0.15) is 5.56 Å². The Morgan fingerprint density at radius 1 is 0.324 bits per heavy atom. The van der Waals surface area contributed by atoms with Gasteiger partial charge in [-0.15, -0.1) is 9.98 Å². The third kappa shape index (κ3) is 22.0. The first-order valence-corrected chi connectivity index (χ1v) is 34.1. The van der Waals surface area contributed by atoms with E-state index in [1.165, 1.54) is 40.4 Å². The van der Waals surface area contributed by atoms with Gasteiger partial charge in [-0.1, -0.05) is 164 Å². The number of non-ortho nitro benzene ring substituents is 2. The van der Waals surface area contributed by atoms with Gasteiger partial charge in [0.1, 0.15) is 5.75 Å². The average molecular weight is 1440 g/mol. The lowest BCUT2D eigenvalue weighted by Crippen LogP contribution is -2.10. The first kappa shape index (κ1) is 78.1. The maximum atomic E-state index is 10.7. The number of hydrogen-bond donors (Lipinski definition) is 4. The molecule has 0 bridgehead atoms. The second-order valence-electron chi connectivity index (χ2n) is 24.1. The number of fused-ring (bicyclic) bond motifs is 2. The Bertz CT molecular complexity index is 5140. The van der Waals surface area contributed by atoms with Crippen molar-refractivity contribution in [3.8, 4) is 11.8 Å². The molecule has 0 aliphatic heterocycles. The summed E-state index contributed by atoms with van der Waals surface area (Å²) < 4.78 is 5.21. The van der Waals surface area contributed by atoms with Crippen molar-refractivity contribution in [2.45, 2.75) is 0 Å². The monoisotopic (exact) mass is 1440 g/mol. The van der Waals surface area contributed by atoms with Crippen molar-refractivity contribution < 1.29 is 35.1 Å². The summed E-state index contributed by atoms with van der Waals surface area (Å²) in [5, 5.41) is 51.5. The van der Waals surface area contributed by atoms with Crippen LogP contribution in [0.2, 0.25) is 0 Å². The van der Waals surface area contributed by atoms with Crippen molar-refractivity contribution in [3.05, 3.63) is 378 Å². The lowest BCUT2D eigenvalue weighted by atomic mass is 10.1. The molecule has 20 nitrogen and oxygen atoms in total. The first-order valence-electron chi connectivity index (χ1n) is 34.1. The molecule has 0 aromatic heterocycles. The Balaban J connectivity index is 0.000000150. The number of anilines is 14. The number of benzene rings is 14. The molecule has 4 N–H and O–H groups in total. The molecule has 0 amide bonds. The molecule has 544 valence electrons. The van der Waals surface area contributed by atoms with E-state index in [4.69, 9.17) is 20.5 Å². The molecule has 0 aliphatic rings. The maximum Gasteiger partial charge on any atom is 0.269 e. The molecule has 0 aliphatic carbocycles. The van der Waals surface area contributed by atoms with Gasteiger partial charge in [-0.05, 0) is 168 Å². The quantitative estimate of drug-likeness (QED) is 0.0336. The summed E-state index contributed by atoms with van der Waals surface area (Å²) >= 11 is 0. The summed E-state index contributed by atoms with van der Waals surface area (Å²) in [6.07, 6.45) is 0. The van der Waals surface area contributed by atoms with Crippen molar-refractivity contribution in [3.63, 3.8) is 0 Å². The topological polar surface area (TPSA) is 222 Å². The Morgan fingerprint density at radius 2 is 0.602 bits per heavy atom. The lowest BCUT2D eigenvalue weighted by Gasteiger charge is -2.22. The van der Waals surface area contributed by atoms with Crippen LogP contribution in [0.25, 0.3) is 21.5 Å². The number of nitriles is 1. The fourth-order valence-corrected chi connectivity index (χ4v) is 11.3. The Hall–Kier alpha value is -14.1. The van der Waals surface area contributed by atoms with Crippen LogP contribution in [0, 0.1) is 31.6 Å². The highest BCUT2D eigenvalue weighted by Gasteiger charge is 2.14. The SMILES string of the molecule is CN(c1ccc([N+](=O)[O-])cc1)c1cccc2ccccc12.CN(c1cccc(NOO)c1)c1cccc2ccccc12.CN(c1ccccc1)c1ccc(C#N)cc1.CN(c1ccccc1)c1ccc([N+](=O)[O-])cc1.CN(c1ccccc1)c1cccc(NOO)c1.COc1cccc(N(C)c2ccccc2)c1. The predicted molar refractivity (Wildman–Crippen MR) is 440 cm³/mol. The van der Waals surface area contributed by atoms with Crippen LogP contribution < -0.4 is 45.1 Å². The van der Waals surface area contributed by atoms with Crippen LogP contribution in [0.4, 0.5) is 91.0 Å². The zero-order valence-corrected chi connectivity index (χ0v) is 60.8. The molecule has 0 spiro atoms. The zero-order chi connectivity index (χ0) is 76.6. The lowest BCUT2D eigenvalue weighted by molar-refractivity contribution is -0.385. The number of nitrogens with one attached hydrogen (secondary N) is 2. The zero-order valence-electron chi connectivity index (χ0n) is 60.8. The van der Waals surface area contributed by atoms with E-state index in [1.54, 1.807) is 37.4 Å². The molecule has 0 heterocycles. The number of nitrogens with zero attached hydrogens (tertiary/aromatic N) is 9. The molecule has 0 radical (unpaired) electrons. The molecule has 0 saturated carbocycles. The number of para-hydroxylation sites is 4. The summed E-state index contributed by atoms with van der Waals surface area (Å²) in [5.74, 6) is 0.875. The molecule has 20 heteroatoms. The minimum absolute atomic E-state index is 0.102. The standard InChI is InChI=1S/C17H16N2O2.C17H14N2O2.C14H12N2.C14H15NO.C13H14N2O2.C13H12N2O2/c1-19(15-9-5-8-14(12-15)18-21-20)17-11-4-7-13-6-2-3-10-16(13)17;1-18(14-9-11-15(12-10-14)19(20)21)17-8-4-6-13-5-2-3-7-16(13)17;1-16(13-5-3-2-4-6-13)14-9-7-12(11-15)8-10-14;1-15(12-7-4-3-5-8-12)13-9-6-10-14(11-13)16-2;1-15(12-7-3-2-4-8-12)13-9-5-6-11(10-13)14-17-16;1-14(11-5-3-2-4-6-11)12-7-9-13(10-8-12)15(16)17/h2-12,18,20H,1H3;2-12H,1H3;2-10H,1H3;3-11H,1-2H3;2-10,14,16H,1H3;2-10H,1H3. The maximum absolute atomic E-state index is 10.7. The summed E-state index contributed by atoms with van der Waals surface area (Å²) in [4.78, 5) is 40.7. The molecular weight excluding hydrogens is 1360 g/mol. The predicted octanol–water partition coefficient (Wildman–Crippen LogP) is 22.4. The fraction of sp³-hybridized carbons (Fsp3) is 0.0795. The van der Waals surface area contributed by atoms with Gasteiger partial charge < -0.3 is 34.1 Å². The van der Waals surface area contributed by atoms with Gasteiger partial charge in [0.05, 0.1) is 40.0 Å². The van der Waals surface area contributed by atoms with Gasteiger partial charge >= 0.3 is 0 Å². The van der Waals surface area contributed by atoms with Crippen molar-refractivity contribution in [1.82, 2.24) is 0 Å². The number of methoxy groups -OCH3 is 1. The molecular formula is C88H83N11O9. The van der Waals surface area contributed by atoms with E-state index >= 15 is 0 Å². The number of nitro groups is 2. The molecule has 0 atom stereocenters. The first-order chi connectivity index (χ1) is 52.6. The summed E-state index contributed by atoms with van der Waals surface area (Å²) in [6.45, 7) is 0. The highest BCUT2D eigenvalue weighted by Crippen LogP contribution is 2.35. The van der Waals surface area contributed by atoms with E-state index in [9.17, 15) is 20.2 Å². The third-order valence-corrected chi connectivity index (χ3v) is 17.3. The molecule has 0 fully saturated rings. The van der Waals surface area contributed by atoms with Gasteiger partial charge in [0.2, 0.25) is 0 Å². The molecule has 108 heavy (non-hydrogen) atoms. The average Bonchev–Trinajstić information content (AvgIpc) is 0.805. The van der Waals surface area contributed by atoms with E-state index in [2.05, 4.69) is 115 Å². The van der Waals surface area contributed by atoms with Gasteiger partial charge in [-0.2, -0.15) is 5.26 Å². The van der Waals surface area contributed by atoms with Crippen molar-refractivity contribution in [1.29, 1.82) is 5.26 Å². The van der Waals surface area contributed by atoms with Gasteiger partial charge in [0.25, 0.3) is 11.4 Å². The summed E-state index contributed by atoms with van der Waals surface area (Å²) in [7, 11) is 13.6. The minimum Gasteiger partial charge on any atom is -0.497 e. The third-order valence-electron chi connectivity index (χ3n) is 17.3. The van der Waals surface area contributed by atoms with Crippen molar-refractivity contribution in [2.75, 3.05) is 89.8 Å². The molecule has 14 rings (SSSR count). The fourth-order valence-electron chi connectivity index (χ4n) is 11.3. The van der Waals surface area contributed by atoms with E-state index in [0.29, 0.717) is 16.9 Å². The molecule has 0 unspecified atom stereocenters. The van der Waals surface area contributed by atoms with Gasteiger partial charge in [0.15, 0.2) is 0 Å². The molecule has 14 aromatic rings. The summed E-state index contributed by atoms with van der Waals surface area (Å²) in [5.41, 5.74) is 19.7. The number of hydrogen-bond acceptors (Lipinski definition) is 18. The van der Waals surface area contributed by atoms with E-state index in [1.807, 2.05) is 281 Å². The Kier molecular flexibility index (Phi) is 29.0. The second-order valence-corrected chi connectivity index (χ2v) is 24.1. The molecule has 0 saturated heterocycles. The van der Waals surface area contributed by atoms with Crippen LogP contribution in [0.15, 0.2) is 352 Å². The van der Waals surface area contributed by atoms with Crippen LogP contribution in [0.5, 0.6) is 5.75 Å². The molecule has 14 aromatic carbocycles. The van der Waals surface area contributed by atoms with Gasteiger partial charge in [0, 0.05) is 152 Å². The number of ether oxygens (including phenoxy) is 1. The largest absolute Gasteiger partial charge is 0.497 e. The van der Waals surface area contributed by atoms with Crippen LogP contribution in [-0.4, -0.2) is 69.8 Å². The van der Waals surface area contributed by atoms with Crippen LogP contribution in [-0.2, 0) is 9.98 Å². The van der Waals surface area contributed by atoms with Crippen LogP contribution >= 0.6 is 0 Å². The van der Waals surface area contributed by atoms with Gasteiger partial charge in [-0.25, -0.2) is 21.5 Å². The van der Waals surface area contributed by atoms with Crippen molar-refractivity contribution in [2.24, 2.45) is 0 Å². The smallest absolute Gasteiger partial charge is 0.269 e. The van der Waals surface area contributed by atoms with E-state index < -0.39 is 4.92 Å². The second kappa shape index (κ2) is 40.1. The summed E-state index contributed by atoms with van der Waals surface area (Å²) in [6, 6.07) is 115. The van der Waals surface area contributed by atoms with Crippen molar-refractivity contribution >= 4 is 113 Å². The number of rotatable bonds is 19. The Labute approximate surface area is 628 Å². The highest BCUT2D eigenvalue weighted by molar-refractivity contribution is 5.97. The van der Waals surface area contributed by atoms with E-state index in [0.717, 1.165) is 79.4 Å².